The number of carbonyl (C=O) groups excluding carboxylic acids is 1. The molecule has 6 aromatic rings. The van der Waals surface area contributed by atoms with E-state index in [0.29, 0.717) is 41.4 Å². The molecule has 0 saturated carbocycles. The van der Waals surface area contributed by atoms with Gasteiger partial charge in [0, 0.05) is 59.5 Å². The summed E-state index contributed by atoms with van der Waals surface area (Å²) in [4.78, 5) is 30.1. The third-order valence-corrected chi connectivity index (χ3v) is 11.2. The van der Waals surface area contributed by atoms with Crippen LogP contribution in [0.5, 0.6) is 0 Å². The second-order valence-electron chi connectivity index (χ2n) is 18.9. The van der Waals surface area contributed by atoms with Gasteiger partial charge in [-0.15, -0.1) is 11.6 Å². The predicted molar refractivity (Wildman–Crippen MR) is 266 cm³/mol. The molecule has 0 spiro atoms. The van der Waals surface area contributed by atoms with Crippen LogP contribution in [0.4, 0.5) is 8.78 Å². The molecule has 69 heavy (non-hydrogen) atoms. The van der Waals surface area contributed by atoms with Crippen molar-refractivity contribution in [2.45, 2.75) is 91.2 Å². The normalized spacial score (nSPS) is 13.7. The minimum atomic E-state index is -1.10. The molecule has 2 aromatic heterocycles. The van der Waals surface area contributed by atoms with Gasteiger partial charge in [-0.3, -0.25) is 4.79 Å². The van der Waals surface area contributed by atoms with Gasteiger partial charge in [-0.1, -0.05) is 137 Å². The number of aliphatic hydroxyl groups is 2. The number of carbonyl (C=O) groups is 1. The molecule has 6 rings (SSSR count). The van der Waals surface area contributed by atoms with E-state index in [-0.39, 0.29) is 55.2 Å². The fourth-order valence-electron chi connectivity index (χ4n) is 7.89. The predicted octanol–water partition coefficient (Wildman–Crippen LogP) is 11.0. The Morgan fingerprint density at radius 2 is 1.19 bits per heavy atom. The molecule has 3 N–H and O–H groups in total. The van der Waals surface area contributed by atoms with E-state index in [9.17, 15) is 23.8 Å². The maximum Gasteiger partial charge on any atom is 0.241 e. The van der Waals surface area contributed by atoms with Gasteiger partial charge < -0.3 is 29.6 Å². The highest BCUT2D eigenvalue weighted by molar-refractivity contribution is 6.30. The van der Waals surface area contributed by atoms with Gasteiger partial charge in [0.2, 0.25) is 5.91 Å². The second kappa shape index (κ2) is 24.6. The van der Waals surface area contributed by atoms with E-state index in [1.54, 1.807) is 25.1 Å². The average Bonchev–Trinajstić information content (AvgIpc) is 3.91. The van der Waals surface area contributed by atoms with Crippen molar-refractivity contribution in [2.24, 2.45) is 21.1 Å². The summed E-state index contributed by atoms with van der Waals surface area (Å²) in [6.45, 7) is 14.8. The fourth-order valence-corrected chi connectivity index (χ4v) is 8.02. The quantitative estimate of drug-likeness (QED) is 0.0311. The third-order valence-electron chi connectivity index (χ3n) is 11.0. The van der Waals surface area contributed by atoms with Crippen molar-refractivity contribution < 1.29 is 23.8 Å². The number of imidazole rings is 2. The summed E-state index contributed by atoms with van der Waals surface area (Å²) in [6, 6.07) is 31.6. The Bertz CT molecular complexity index is 2690. The van der Waals surface area contributed by atoms with Gasteiger partial charge in [-0.05, 0) is 64.2 Å². The van der Waals surface area contributed by atoms with Gasteiger partial charge in [0.25, 0.3) is 0 Å². The van der Waals surface area contributed by atoms with Gasteiger partial charge in [0.05, 0.1) is 48.8 Å². The van der Waals surface area contributed by atoms with Crippen LogP contribution in [0.3, 0.4) is 0 Å². The van der Waals surface area contributed by atoms with E-state index in [2.05, 4.69) is 62.8 Å². The van der Waals surface area contributed by atoms with Gasteiger partial charge in [-0.2, -0.15) is 0 Å². The lowest BCUT2D eigenvalue weighted by atomic mass is 9.84. The zero-order chi connectivity index (χ0) is 50.3. The number of hydrogen-bond acceptors (Lipinski definition) is 8. The summed E-state index contributed by atoms with van der Waals surface area (Å²) in [7, 11) is 0. The Hall–Kier alpha value is -6.58. The topological polar surface area (TPSA) is 206 Å². The number of azide groups is 2. The van der Waals surface area contributed by atoms with E-state index in [4.69, 9.17) is 32.6 Å². The first-order valence-electron chi connectivity index (χ1n) is 22.6. The molecule has 0 fully saturated rings. The van der Waals surface area contributed by atoms with Crippen LogP contribution in [-0.4, -0.2) is 83.9 Å². The molecule has 5 atom stereocenters. The molecule has 4 aromatic carbocycles. The maximum atomic E-state index is 14.1. The number of nitrogens with one attached hydrogen (secondary N) is 1. The first-order valence-corrected chi connectivity index (χ1v) is 23.0. The largest absolute Gasteiger partial charge is 0.392 e. The molecule has 0 aliphatic carbocycles. The molecule has 0 radical (unpaired) electrons. The van der Waals surface area contributed by atoms with Crippen LogP contribution in [0.1, 0.15) is 83.3 Å². The SMILES string of the molecule is CC(C)(C)[C@@H](NC[C@H](O)CN=[N+]=[N-])c1nc(-c2cccc(F)c2)cn1Cc1ccccc1.CC(Cl)C(=O)N(C[C@H](O)CN=[N+]=[N-])[C@@H](c1nc(-c2cccc(F)c2)cn1Cc1ccccc1)C(C)(C)C. The van der Waals surface area contributed by atoms with Crippen LogP contribution < -0.4 is 5.32 Å². The number of benzene rings is 4. The van der Waals surface area contributed by atoms with E-state index in [0.717, 1.165) is 17.0 Å². The Morgan fingerprint density at radius 1 is 0.725 bits per heavy atom. The molecule has 0 bridgehead atoms. The number of amides is 1. The number of nitrogens with zero attached hydrogens (tertiary/aromatic N) is 11. The molecular formula is C51H61ClF2N12O3. The van der Waals surface area contributed by atoms with Gasteiger partial charge in [0.1, 0.15) is 28.7 Å². The minimum Gasteiger partial charge on any atom is -0.392 e. The molecule has 1 amide bonds. The first-order chi connectivity index (χ1) is 32.8. The van der Waals surface area contributed by atoms with Crippen LogP contribution in [0.25, 0.3) is 43.4 Å². The van der Waals surface area contributed by atoms with Crippen molar-refractivity contribution in [3.05, 3.63) is 177 Å². The maximum absolute atomic E-state index is 14.1. The summed E-state index contributed by atoms with van der Waals surface area (Å²) in [5.74, 6) is 0.281. The fraction of sp³-hybridized carbons (Fsp3) is 0.392. The molecule has 0 aliphatic heterocycles. The van der Waals surface area contributed by atoms with E-state index in [1.807, 2.05) is 92.3 Å². The third kappa shape index (κ3) is 15.5. The number of rotatable bonds is 19. The van der Waals surface area contributed by atoms with Crippen LogP contribution in [0, 0.1) is 22.5 Å². The highest BCUT2D eigenvalue weighted by atomic mass is 35.5. The van der Waals surface area contributed by atoms with Crippen molar-refractivity contribution >= 4 is 17.5 Å². The van der Waals surface area contributed by atoms with Crippen molar-refractivity contribution in [1.29, 1.82) is 0 Å². The molecule has 0 aliphatic rings. The number of alkyl halides is 1. The Balaban J connectivity index is 0.000000260. The average molecular weight is 964 g/mol. The Morgan fingerprint density at radius 3 is 1.62 bits per heavy atom. The van der Waals surface area contributed by atoms with E-state index >= 15 is 0 Å². The van der Waals surface area contributed by atoms with Crippen LogP contribution in [-0.2, 0) is 17.9 Å². The number of aliphatic hydroxyl groups excluding tert-OH is 2. The van der Waals surface area contributed by atoms with Crippen LogP contribution in [0.15, 0.2) is 132 Å². The highest BCUT2D eigenvalue weighted by Gasteiger charge is 2.40. The molecule has 15 nitrogen and oxygen atoms in total. The molecular weight excluding hydrogens is 902 g/mol. The van der Waals surface area contributed by atoms with Crippen molar-refractivity contribution in [2.75, 3.05) is 26.2 Å². The van der Waals surface area contributed by atoms with Crippen molar-refractivity contribution in [3.8, 4) is 22.5 Å². The molecule has 364 valence electrons. The van der Waals surface area contributed by atoms with Crippen LogP contribution >= 0.6 is 11.6 Å². The summed E-state index contributed by atoms with van der Waals surface area (Å²) < 4.78 is 31.9. The van der Waals surface area contributed by atoms with E-state index < -0.39 is 29.0 Å². The lowest BCUT2D eigenvalue weighted by Gasteiger charge is -2.41. The number of aromatic nitrogens is 4. The Labute approximate surface area is 407 Å². The van der Waals surface area contributed by atoms with Crippen molar-refractivity contribution in [1.82, 2.24) is 29.3 Å². The zero-order valence-corrected chi connectivity index (χ0v) is 40.8. The zero-order valence-electron chi connectivity index (χ0n) is 40.0. The van der Waals surface area contributed by atoms with Gasteiger partial charge in [0.15, 0.2) is 0 Å². The summed E-state index contributed by atoms with van der Waals surface area (Å²) >= 11 is 6.26. The van der Waals surface area contributed by atoms with E-state index in [1.165, 1.54) is 29.2 Å². The molecule has 0 saturated heterocycles. The molecule has 1 unspecified atom stereocenters. The Kier molecular flexibility index (Phi) is 19.0. The van der Waals surface area contributed by atoms with Crippen LogP contribution in [0.2, 0.25) is 0 Å². The number of hydrogen-bond donors (Lipinski definition) is 3. The summed E-state index contributed by atoms with van der Waals surface area (Å²) in [5, 5.41) is 30.2. The monoisotopic (exact) mass is 962 g/mol. The summed E-state index contributed by atoms with van der Waals surface area (Å²) in [6.07, 6.45) is 1.88. The van der Waals surface area contributed by atoms with Gasteiger partial charge >= 0.3 is 0 Å². The summed E-state index contributed by atoms with van der Waals surface area (Å²) in [5.41, 5.74) is 21.1. The molecule has 2 heterocycles. The smallest absolute Gasteiger partial charge is 0.241 e. The van der Waals surface area contributed by atoms with Crippen molar-refractivity contribution in [3.63, 3.8) is 0 Å². The minimum absolute atomic E-state index is 0.00659. The highest BCUT2D eigenvalue weighted by Crippen LogP contribution is 2.40. The molecule has 18 heteroatoms. The standard InChI is InChI=1S/C27H32ClFN6O2.C24H29FN6O/c1-18(28)26(37)35(16-22(36)14-31-33-30)24(27(2,3)4)25-32-23(20-11-8-12-21(29)13-20)17-34(25)15-19-9-6-5-7-10-19;1-24(2,3)22(27-13-20(32)14-28-30-26)23-29-21(18-10-7-11-19(25)12-18)16-31(23)15-17-8-5-4-6-9-17/h5-13,17-18,22,24,36H,14-16H2,1-4H3;4-12,16,20,22,27,32H,13-15H2,1-3H3/t18?,22-,24+;20-,22-/m10/s1. The lowest BCUT2D eigenvalue weighted by molar-refractivity contribution is -0.137. The van der Waals surface area contributed by atoms with Gasteiger partial charge in [-0.25, -0.2) is 18.7 Å². The number of halogens is 3. The second-order valence-corrected chi connectivity index (χ2v) is 19.6. The lowest BCUT2D eigenvalue weighted by Crippen LogP contribution is -2.48. The first kappa shape index (κ1) is 53.4.